The van der Waals surface area contributed by atoms with Crippen molar-refractivity contribution in [3.8, 4) is 0 Å². The molecule has 1 aliphatic carbocycles. The molecule has 4 nitrogen and oxygen atoms in total. The molecule has 0 aromatic heterocycles. The highest BCUT2D eigenvalue weighted by atomic mass is 16.2. The Hall–Kier alpha value is -1.55. The maximum Gasteiger partial charge on any atom is 0.225 e. The second kappa shape index (κ2) is 7.56. The van der Waals surface area contributed by atoms with Gasteiger partial charge in [-0.3, -0.25) is 4.79 Å². The highest BCUT2D eigenvalue weighted by Crippen LogP contribution is 2.29. The fourth-order valence-electron chi connectivity index (χ4n) is 4.23. The molecule has 2 fully saturated rings. The molecule has 1 saturated heterocycles. The van der Waals surface area contributed by atoms with Crippen LogP contribution in [0.5, 0.6) is 0 Å². The normalized spacial score (nSPS) is 22.8. The maximum atomic E-state index is 12.6. The number of hydrogen-bond acceptors (Lipinski definition) is 3. The molecule has 2 atom stereocenters. The minimum atomic E-state index is 0.287. The first kappa shape index (κ1) is 17.3. The van der Waals surface area contributed by atoms with Gasteiger partial charge in [-0.1, -0.05) is 31.0 Å². The molecule has 0 bridgehead atoms. The van der Waals surface area contributed by atoms with E-state index in [2.05, 4.69) is 60.4 Å². The van der Waals surface area contributed by atoms with Crippen LogP contribution >= 0.6 is 0 Å². The van der Waals surface area contributed by atoms with Gasteiger partial charge in [-0.15, -0.1) is 0 Å². The molecular formula is C20H31N3O. The number of nitrogens with one attached hydrogen (secondary N) is 1. The zero-order chi connectivity index (χ0) is 17.1. The van der Waals surface area contributed by atoms with Crippen molar-refractivity contribution in [1.82, 2.24) is 10.2 Å². The number of para-hydroxylation sites is 1. The lowest BCUT2D eigenvalue weighted by Crippen LogP contribution is -2.38. The van der Waals surface area contributed by atoms with E-state index in [1.807, 2.05) is 0 Å². The van der Waals surface area contributed by atoms with Crippen LogP contribution in [0.15, 0.2) is 24.3 Å². The van der Waals surface area contributed by atoms with E-state index >= 15 is 0 Å². The zero-order valence-electron chi connectivity index (χ0n) is 15.3. The fourth-order valence-corrected chi connectivity index (χ4v) is 4.23. The molecule has 1 saturated carbocycles. The molecule has 1 amide bonds. The number of rotatable bonds is 5. The number of amides is 1. The monoisotopic (exact) mass is 329 g/mol. The summed E-state index contributed by atoms with van der Waals surface area (Å²) in [5.74, 6) is 0.703. The molecule has 24 heavy (non-hydrogen) atoms. The van der Waals surface area contributed by atoms with Crippen molar-refractivity contribution in [2.24, 2.45) is 5.92 Å². The molecule has 1 heterocycles. The number of likely N-dealkylation sites (tertiary alicyclic amines) is 1. The van der Waals surface area contributed by atoms with E-state index in [0.717, 1.165) is 32.4 Å². The van der Waals surface area contributed by atoms with E-state index in [1.165, 1.54) is 24.1 Å². The molecule has 4 heteroatoms. The molecule has 1 aromatic rings. The summed E-state index contributed by atoms with van der Waals surface area (Å²) in [6.45, 7) is 4.00. The molecule has 1 aliphatic heterocycles. The third kappa shape index (κ3) is 3.75. The van der Waals surface area contributed by atoms with E-state index in [9.17, 15) is 4.79 Å². The summed E-state index contributed by atoms with van der Waals surface area (Å²) in [6.07, 6.45) is 5.71. The summed E-state index contributed by atoms with van der Waals surface area (Å²) >= 11 is 0. The molecule has 0 unspecified atom stereocenters. The van der Waals surface area contributed by atoms with Gasteiger partial charge >= 0.3 is 0 Å². The summed E-state index contributed by atoms with van der Waals surface area (Å²) in [4.78, 5) is 16.8. The number of carbonyl (C=O) groups excluding carboxylic acids is 1. The zero-order valence-corrected chi connectivity index (χ0v) is 15.3. The van der Waals surface area contributed by atoms with Gasteiger partial charge in [-0.25, -0.2) is 0 Å². The highest BCUT2D eigenvalue weighted by Gasteiger charge is 2.32. The van der Waals surface area contributed by atoms with Crippen LogP contribution < -0.4 is 10.2 Å². The Labute approximate surface area is 146 Å². The van der Waals surface area contributed by atoms with E-state index in [4.69, 9.17) is 0 Å². The highest BCUT2D eigenvalue weighted by molar-refractivity contribution is 5.79. The third-order valence-corrected chi connectivity index (χ3v) is 5.58. The van der Waals surface area contributed by atoms with Gasteiger partial charge in [0.25, 0.3) is 0 Å². The topological polar surface area (TPSA) is 35.6 Å². The van der Waals surface area contributed by atoms with Gasteiger partial charge in [0.15, 0.2) is 0 Å². The number of hydrogen-bond donors (Lipinski definition) is 1. The van der Waals surface area contributed by atoms with Crippen LogP contribution in [0.2, 0.25) is 0 Å². The Bertz CT molecular complexity index is 566. The van der Waals surface area contributed by atoms with Crippen LogP contribution in [0.25, 0.3) is 0 Å². The summed E-state index contributed by atoms with van der Waals surface area (Å²) in [6, 6.07) is 9.24. The smallest absolute Gasteiger partial charge is 0.225 e. The summed E-state index contributed by atoms with van der Waals surface area (Å²) in [5, 5.41) is 3.75. The van der Waals surface area contributed by atoms with Crippen LogP contribution in [0.3, 0.4) is 0 Å². The van der Waals surface area contributed by atoms with E-state index in [0.29, 0.717) is 17.9 Å². The van der Waals surface area contributed by atoms with Crippen LogP contribution in [0.4, 0.5) is 5.69 Å². The lowest BCUT2D eigenvalue weighted by Gasteiger charge is -2.25. The lowest BCUT2D eigenvalue weighted by atomic mass is 10.0. The predicted molar refractivity (Wildman–Crippen MR) is 99.3 cm³/mol. The Morgan fingerprint density at radius 1 is 1.21 bits per heavy atom. The van der Waals surface area contributed by atoms with Crippen molar-refractivity contribution in [2.75, 3.05) is 32.1 Å². The third-order valence-electron chi connectivity index (χ3n) is 5.58. The maximum absolute atomic E-state index is 12.6. The van der Waals surface area contributed by atoms with Crippen LogP contribution in [-0.4, -0.2) is 44.0 Å². The molecule has 3 rings (SSSR count). The van der Waals surface area contributed by atoms with Gasteiger partial charge in [0.05, 0.1) is 0 Å². The average molecular weight is 329 g/mol. The summed E-state index contributed by atoms with van der Waals surface area (Å²) < 4.78 is 0. The minimum absolute atomic E-state index is 0.287. The summed E-state index contributed by atoms with van der Waals surface area (Å²) in [7, 11) is 4.17. The van der Waals surface area contributed by atoms with Gasteiger partial charge in [0, 0.05) is 50.9 Å². The minimum Gasteiger partial charge on any atom is -0.377 e. The van der Waals surface area contributed by atoms with Crippen molar-refractivity contribution in [3.05, 3.63) is 29.8 Å². The van der Waals surface area contributed by atoms with Gasteiger partial charge in [-0.05, 0) is 37.8 Å². The quantitative estimate of drug-likeness (QED) is 0.901. The van der Waals surface area contributed by atoms with Gasteiger partial charge in [0.1, 0.15) is 0 Å². The van der Waals surface area contributed by atoms with Crippen molar-refractivity contribution in [3.63, 3.8) is 0 Å². The molecule has 1 aromatic carbocycles. The standard InChI is InChI=1S/C20H31N3O/c1-15(18-10-6-7-11-19(18)22(2)3)21-17-12-13-23(14-17)20(24)16-8-4-5-9-16/h6-7,10-11,15-17,21H,4-5,8-9,12-14H2,1-3H3/t15-,17-/m1/s1. The lowest BCUT2D eigenvalue weighted by molar-refractivity contribution is -0.134. The molecule has 132 valence electrons. The molecule has 0 spiro atoms. The van der Waals surface area contributed by atoms with Crippen LogP contribution in [0.1, 0.15) is 50.6 Å². The Morgan fingerprint density at radius 3 is 2.62 bits per heavy atom. The summed E-state index contributed by atoms with van der Waals surface area (Å²) in [5.41, 5.74) is 2.58. The molecular weight excluding hydrogens is 298 g/mol. The SMILES string of the molecule is C[C@@H](N[C@@H]1CCN(C(=O)C2CCCC2)C1)c1ccccc1N(C)C. The fraction of sp³-hybridized carbons (Fsp3) is 0.650. The van der Waals surface area contributed by atoms with E-state index in [1.54, 1.807) is 0 Å². The first-order valence-electron chi connectivity index (χ1n) is 9.37. The second-order valence-corrected chi connectivity index (χ2v) is 7.59. The van der Waals surface area contributed by atoms with Crippen molar-refractivity contribution >= 4 is 11.6 Å². The van der Waals surface area contributed by atoms with Crippen molar-refractivity contribution in [1.29, 1.82) is 0 Å². The van der Waals surface area contributed by atoms with Gasteiger partial charge in [-0.2, -0.15) is 0 Å². The Balaban J connectivity index is 1.58. The largest absolute Gasteiger partial charge is 0.377 e. The van der Waals surface area contributed by atoms with E-state index in [-0.39, 0.29) is 6.04 Å². The van der Waals surface area contributed by atoms with Crippen molar-refractivity contribution < 1.29 is 4.79 Å². The number of nitrogens with zero attached hydrogens (tertiary/aromatic N) is 2. The van der Waals surface area contributed by atoms with Crippen LogP contribution in [0, 0.1) is 5.92 Å². The predicted octanol–water partition coefficient (Wildman–Crippen LogP) is 3.19. The first-order valence-corrected chi connectivity index (χ1v) is 9.37. The Kier molecular flexibility index (Phi) is 5.44. The van der Waals surface area contributed by atoms with Gasteiger partial charge in [0.2, 0.25) is 5.91 Å². The molecule has 1 N–H and O–H groups in total. The first-order chi connectivity index (χ1) is 11.6. The average Bonchev–Trinajstić information content (AvgIpc) is 3.26. The number of benzene rings is 1. The van der Waals surface area contributed by atoms with Crippen LogP contribution in [-0.2, 0) is 4.79 Å². The van der Waals surface area contributed by atoms with E-state index < -0.39 is 0 Å². The number of carbonyl (C=O) groups is 1. The number of anilines is 1. The Morgan fingerprint density at radius 2 is 1.92 bits per heavy atom. The molecule has 2 aliphatic rings. The van der Waals surface area contributed by atoms with Gasteiger partial charge < -0.3 is 15.1 Å². The second-order valence-electron chi connectivity index (χ2n) is 7.59. The van der Waals surface area contributed by atoms with Crippen molar-refractivity contribution in [2.45, 2.75) is 51.1 Å². The molecule has 0 radical (unpaired) electrons.